The second-order valence-corrected chi connectivity index (χ2v) is 4.30. The third kappa shape index (κ3) is 3.39. The first-order valence-corrected chi connectivity index (χ1v) is 5.70. The average molecular weight is 193 g/mol. The molecular weight excluding hydrogens is 182 g/mol. The van der Waals surface area contributed by atoms with Crippen LogP contribution in [0.5, 0.6) is 0 Å². The maximum absolute atomic E-state index is 10.9. The molecule has 1 aromatic rings. The number of nitriles is 1. The molecule has 0 spiro atoms. The summed E-state index contributed by atoms with van der Waals surface area (Å²) in [4.78, 5) is 0. The van der Waals surface area contributed by atoms with Crippen LogP contribution in [0.1, 0.15) is 11.1 Å². The van der Waals surface area contributed by atoms with Gasteiger partial charge in [0.15, 0.2) is 0 Å². The van der Waals surface area contributed by atoms with Gasteiger partial charge in [0.2, 0.25) is 0 Å². The highest BCUT2D eigenvalue weighted by Crippen LogP contribution is 2.06. The van der Waals surface area contributed by atoms with Crippen molar-refractivity contribution >= 4 is 10.8 Å². The Morgan fingerprint density at radius 2 is 1.85 bits per heavy atom. The summed E-state index contributed by atoms with van der Waals surface area (Å²) >= 11 is 0. The van der Waals surface area contributed by atoms with Crippen LogP contribution in [0.4, 0.5) is 0 Å². The molecule has 0 aliphatic heterocycles. The second kappa shape index (κ2) is 4.78. The Hall–Kier alpha value is -1.14. The van der Waals surface area contributed by atoms with E-state index in [1.54, 1.807) is 6.26 Å². The molecule has 0 aliphatic carbocycles. The van der Waals surface area contributed by atoms with Crippen molar-refractivity contribution < 1.29 is 4.21 Å². The van der Waals surface area contributed by atoms with Gasteiger partial charge in [-0.15, -0.1) is 0 Å². The largest absolute Gasteiger partial charge is 0.260 e. The van der Waals surface area contributed by atoms with Crippen molar-refractivity contribution in [3.63, 3.8) is 0 Å². The summed E-state index contributed by atoms with van der Waals surface area (Å²) in [6.45, 7) is 0. The summed E-state index contributed by atoms with van der Waals surface area (Å²) in [5.41, 5.74) is 2.07. The van der Waals surface area contributed by atoms with Crippen molar-refractivity contribution in [2.45, 2.75) is 12.2 Å². The molecule has 1 unspecified atom stereocenters. The topological polar surface area (TPSA) is 40.9 Å². The summed E-state index contributed by atoms with van der Waals surface area (Å²) < 4.78 is 10.9. The minimum absolute atomic E-state index is 0.440. The van der Waals surface area contributed by atoms with Crippen LogP contribution in [0.3, 0.4) is 0 Å². The quantitative estimate of drug-likeness (QED) is 0.732. The Balaban J connectivity index is 2.70. The third-order valence-electron chi connectivity index (χ3n) is 1.68. The van der Waals surface area contributed by atoms with Crippen LogP contribution in [-0.2, 0) is 23.0 Å². The Bertz CT molecular complexity index is 337. The van der Waals surface area contributed by atoms with Crippen molar-refractivity contribution in [1.29, 1.82) is 5.26 Å². The zero-order valence-electron chi connectivity index (χ0n) is 7.49. The maximum atomic E-state index is 10.9. The van der Waals surface area contributed by atoms with Crippen molar-refractivity contribution in [1.82, 2.24) is 0 Å². The standard InChI is InChI=1S/C10H11NOS/c1-13(12)8-10-4-2-9(3-5-10)6-7-11/h2-5H,6,8H2,1H3. The summed E-state index contributed by atoms with van der Waals surface area (Å²) in [6.07, 6.45) is 2.12. The van der Waals surface area contributed by atoms with Gasteiger partial charge in [-0.05, 0) is 11.1 Å². The minimum atomic E-state index is -0.792. The molecule has 0 radical (unpaired) electrons. The monoisotopic (exact) mass is 193 g/mol. The lowest BCUT2D eigenvalue weighted by molar-refractivity contribution is 0.686. The van der Waals surface area contributed by atoms with Crippen molar-refractivity contribution in [2.75, 3.05) is 6.26 Å². The first kappa shape index (κ1) is 9.94. The van der Waals surface area contributed by atoms with E-state index < -0.39 is 10.8 Å². The zero-order chi connectivity index (χ0) is 9.68. The molecule has 1 aromatic carbocycles. The maximum Gasteiger partial charge on any atom is 0.0669 e. The third-order valence-corrected chi connectivity index (χ3v) is 2.42. The molecular formula is C10H11NOS. The molecule has 0 aromatic heterocycles. The van der Waals surface area contributed by atoms with Crippen LogP contribution in [0, 0.1) is 11.3 Å². The minimum Gasteiger partial charge on any atom is -0.260 e. The van der Waals surface area contributed by atoms with Crippen molar-refractivity contribution in [3.8, 4) is 6.07 Å². The molecule has 3 heteroatoms. The smallest absolute Gasteiger partial charge is 0.0669 e. The Morgan fingerprint density at radius 3 is 2.31 bits per heavy atom. The van der Waals surface area contributed by atoms with Gasteiger partial charge in [0.25, 0.3) is 0 Å². The van der Waals surface area contributed by atoms with E-state index in [-0.39, 0.29) is 0 Å². The van der Waals surface area contributed by atoms with E-state index >= 15 is 0 Å². The lowest BCUT2D eigenvalue weighted by Crippen LogP contribution is -1.92. The number of rotatable bonds is 3. The van der Waals surface area contributed by atoms with Gasteiger partial charge in [0.05, 0.1) is 12.5 Å². The molecule has 68 valence electrons. The van der Waals surface area contributed by atoms with Crippen LogP contribution in [-0.4, -0.2) is 10.5 Å². The summed E-state index contributed by atoms with van der Waals surface area (Å²) in [6, 6.07) is 9.75. The number of nitrogens with zero attached hydrogens (tertiary/aromatic N) is 1. The summed E-state index contributed by atoms with van der Waals surface area (Å²) in [5.74, 6) is 0.590. The molecule has 0 fully saturated rings. The van der Waals surface area contributed by atoms with E-state index in [0.29, 0.717) is 12.2 Å². The fourth-order valence-corrected chi connectivity index (χ4v) is 1.74. The van der Waals surface area contributed by atoms with Crippen LogP contribution in [0.25, 0.3) is 0 Å². The molecule has 0 aliphatic rings. The molecule has 0 heterocycles. The lowest BCUT2D eigenvalue weighted by atomic mass is 10.1. The van der Waals surface area contributed by atoms with Gasteiger partial charge in [-0.2, -0.15) is 5.26 Å². The Kier molecular flexibility index (Phi) is 3.66. The van der Waals surface area contributed by atoms with E-state index in [2.05, 4.69) is 6.07 Å². The van der Waals surface area contributed by atoms with Gasteiger partial charge in [-0.25, -0.2) is 0 Å². The van der Waals surface area contributed by atoms with E-state index in [1.165, 1.54) is 0 Å². The van der Waals surface area contributed by atoms with E-state index in [9.17, 15) is 4.21 Å². The molecule has 0 amide bonds. The lowest BCUT2D eigenvalue weighted by Gasteiger charge is -1.98. The highest BCUT2D eigenvalue weighted by Gasteiger charge is 1.96. The van der Waals surface area contributed by atoms with Crippen molar-refractivity contribution in [2.24, 2.45) is 0 Å². The highest BCUT2D eigenvalue weighted by atomic mass is 32.2. The Labute approximate surface area is 80.7 Å². The van der Waals surface area contributed by atoms with Gasteiger partial charge < -0.3 is 0 Å². The molecule has 2 nitrogen and oxygen atoms in total. The molecule has 0 saturated heterocycles. The van der Waals surface area contributed by atoms with Gasteiger partial charge in [-0.3, -0.25) is 4.21 Å². The summed E-state index contributed by atoms with van der Waals surface area (Å²) in [7, 11) is -0.792. The van der Waals surface area contributed by atoms with Crippen LogP contribution < -0.4 is 0 Å². The number of hydrogen-bond acceptors (Lipinski definition) is 2. The molecule has 13 heavy (non-hydrogen) atoms. The molecule has 1 atom stereocenters. The summed E-state index contributed by atoms with van der Waals surface area (Å²) in [5, 5.41) is 8.44. The van der Waals surface area contributed by atoms with E-state index in [0.717, 1.165) is 11.1 Å². The molecule has 0 bridgehead atoms. The zero-order valence-corrected chi connectivity index (χ0v) is 8.30. The Morgan fingerprint density at radius 1 is 1.31 bits per heavy atom. The fourth-order valence-electron chi connectivity index (χ4n) is 1.08. The van der Waals surface area contributed by atoms with Gasteiger partial charge in [-0.1, -0.05) is 24.3 Å². The highest BCUT2D eigenvalue weighted by molar-refractivity contribution is 7.83. The fraction of sp³-hybridized carbons (Fsp3) is 0.300. The average Bonchev–Trinajstić information content (AvgIpc) is 2.08. The van der Waals surface area contributed by atoms with Gasteiger partial charge >= 0.3 is 0 Å². The van der Waals surface area contributed by atoms with E-state index in [1.807, 2.05) is 24.3 Å². The molecule has 0 saturated carbocycles. The van der Waals surface area contributed by atoms with Crippen LogP contribution in [0.15, 0.2) is 24.3 Å². The second-order valence-electron chi connectivity index (χ2n) is 2.87. The van der Waals surface area contributed by atoms with Crippen LogP contribution in [0.2, 0.25) is 0 Å². The normalized spacial score (nSPS) is 12.0. The first-order valence-electron chi connectivity index (χ1n) is 3.97. The van der Waals surface area contributed by atoms with Gasteiger partial charge in [0.1, 0.15) is 0 Å². The van der Waals surface area contributed by atoms with E-state index in [4.69, 9.17) is 5.26 Å². The predicted octanol–water partition coefficient (Wildman–Crippen LogP) is 1.63. The van der Waals surface area contributed by atoms with Gasteiger partial charge in [0, 0.05) is 22.8 Å². The number of hydrogen-bond donors (Lipinski definition) is 0. The molecule has 0 N–H and O–H groups in total. The van der Waals surface area contributed by atoms with Crippen LogP contribution >= 0.6 is 0 Å². The first-order chi connectivity index (χ1) is 6.22. The SMILES string of the molecule is CS(=O)Cc1ccc(CC#N)cc1. The molecule has 1 rings (SSSR count). The van der Waals surface area contributed by atoms with Crippen molar-refractivity contribution in [3.05, 3.63) is 35.4 Å². The number of benzene rings is 1. The predicted molar refractivity (Wildman–Crippen MR) is 53.5 cm³/mol.